The Morgan fingerprint density at radius 3 is 2.93 bits per heavy atom. The van der Waals surface area contributed by atoms with E-state index in [9.17, 15) is 9.18 Å². The Morgan fingerprint density at radius 1 is 1.47 bits per heavy atom. The number of carbonyl (C=O) groups is 1. The average molecular weight is 231 g/mol. The van der Waals surface area contributed by atoms with Gasteiger partial charge in [0.25, 0.3) is 5.91 Å². The molecule has 0 aliphatic carbocycles. The number of alkyl halides is 1. The average Bonchev–Trinajstić information content (AvgIpc) is 2.24. The lowest BCUT2D eigenvalue weighted by Crippen LogP contribution is -2.24. The minimum atomic E-state index is -0.511. The summed E-state index contributed by atoms with van der Waals surface area (Å²) in [5.41, 5.74) is 0.237. The Kier molecular flexibility index (Phi) is 5.04. The highest BCUT2D eigenvalue weighted by Crippen LogP contribution is 2.00. The smallest absolute Gasteiger partial charge is 0.252 e. The Balaban J connectivity index is 2.40. The maximum absolute atomic E-state index is 12.7. The van der Waals surface area contributed by atoms with Crippen molar-refractivity contribution in [2.24, 2.45) is 0 Å². The van der Waals surface area contributed by atoms with Gasteiger partial charge in [-0.1, -0.05) is 0 Å². The van der Waals surface area contributed by atoms with Crippen molar-refractivity contribution in [1.82, 2.24) is 10.3 Å². The summed E-state index contributed by atoms with van der Waals surface area (Å²) in [5.74, 6) is -0.239. The summed E-state index contributed by atoms with van der Waals surface area (Å²) in [7, 11) is 0. The summed E-state index contributed by atoms with van der Waals surface area (Å²) >= 11 is 5.48. The number of hydrogen-bond acceptors (Lipinski definition) is 2. The first-order chi connectivity index (χ1) is 7.24. The molecule has 1 N–H and O–H groups in total. The van der Waals surface area contributed by atoms with Gasteiger partial charge in [-0.05, 0) is 18.9 Å². The summed E-state index contributed by atoms with van der Waals surface area (Å²) in [6, 6.07) is 1.16. The molecule has 1 aromatic rings. The molecule has 0 unspecified atom stereocenters. The first kappa shape index (κ1) is 11.9. The van der Waals surface area contributed by atoms with Crippen molar-refractivity contribution in [2.75, 3.05) is 12.4 Å². The number of nitrogens with one attached hydrogen (secondary N) is 1. The van der Waals surface area contributed by atoms with Crippen LogP contribution in [0.25, 0.3) is 0 Å². The fraction of sp³-hybridized carbons (Fsp3) is 0.400. The van der Waals surface area contributed by atoms with E-state index in [4.69, 9.17) is 11.6 Å². The minimum absolute atomic E-state index is 0.237. The molecule has 0 saturated carbocycles. The molecule has 0 radical (unpaired) electrons. The summed E-state index contributed by atoms with van der Waals surface area (Å²) in [6.07, 6.45) is 4.06. The second-order valence-corrected chi connectivity index (χ2v) is 3.42. The van der Waals surface area contributed by atoms with Gasteiger partial charge in [0.15, 0.2) is 0 Å². The molecule has 15 heavy (non-hydrogen) atoms. The highest BCUT2D eigenvalue weighted by Gasteiger charge is 2.05. The third kappa shape index (κ3) is 4.25. The van der Waals surface area contributed by atoms with Crippen molar-refractivity contribution in [2.45, 2.75) is 12.8 Å². The van der Waals surface area contributed by atoms with Crippen molar-refractivity contribution in [3.8, 4) is 0 Å². The molecule has 0 bridgehead atoms. The number of amides is 1. The molecule has 1 heterocycles. The number of unbranched alkanes of at least 4 members (excludes halogenated alkanes) is 1. The lowest BCUT2D eigenvalue weighted by atomic mass is 10.2. The SMILES string of the molecule is O=C(NCCCCCl)c1cncc(F)c1. The summed E-state index contributed by atoms with van der Waals surface area (Å²) in [6.45, 7) is 0.544. The molecule has 0 aliphatic rings. The van der Waals surface area contributed by atoms with E-state index in [0.29, 0.717) is 12.4 Å². The number of carbonyl (C=O) groups excluding carboxylic acids is 1. The zero-order chi connectivity index (χ0) is 11.1. The van der Waals surface area contributed by atoms with E-state index in [1.54, 1.807) is 0 Å². The normalized spacial score (nSPS) is 10.0. The molecule has 0 aromatic carbocycles. The maximum Gasteiger partial charge on any atom is 0.252 e. The van der Waals surface area contributed by atoms with Crippen molar-refractivity contribution in [3.63, 3.8) is 0 Å². The number of halogens is 2. The lowest BCUT2D eigenvalue weighted by molar-refractivity contribution is 0.0952. The quantitative estimate of drug-likeness (QED) is 0.621. The van der Waals surface area contributed by atoms with Gasteiger partial charge in [0.05, 0.1) is 11.8 Å². The Morgan fingerprint density at radius 2 is 2.27 bits per heavy atom. The topological polar surface area (TPSA) is 42.0 Å². The van der Waals surface area contributed by atoms with Crippen LogP contribution in [-0.4, -0.2) is 23.3 Å². The van der Waals surface area contributed by atoms with Gasteiger partial charge < -0.3 is 5.32 Å². The van der Waals surface area contributed by atoms with Crippen LogP contribution in [-0.2, 0) is 0 Å². The van der Waals surface area contributed by atoms with Gasteiger partial charge in [0, 0.05) is 18.6 Å². The Hall–Kier alpha value is -1.16. The number of rotatable bonds is 5. The molecule has 0 spiro atoms. The molecular formula is C10H12ClFN2O. The minimum Gasteiger partial charge on any atom is -0.352 e. The summed E-state index contributed by atoms with van der Waals surface area (Å²) < 4.78 is 12.7. The van der Waals surface area contributed by atoms with E-state index >= 15 is 0 Å². The van der Waals surface area contributed by atoms with E-state index in [2.05, 4.69) is 10.3 Å². The zero-order valence-corrected chi connectivity index (χ0v) is 8.93. The molecular weight excluding hydrogens is 219 g/mol. The van der Waals surface area contributed by atoms with Gasteiger partial charge in [-0.15, -0.1) is 11.6 Å². The standard InChI is InChI=1S/C10H12ClFN2O/c11-3-1-2-4-14-10(15)8-5-9(12)7-13-6-8/h5-7H,1-4H2,(H,14,15). The molecule has 1 amide bonds. The predicted molar refractivity (Wildman–Crippen MR) is 56.5 cm³/mol. The van der Waals surface area contributed by atoms with Crippen LogP contribution in [0.1, 0.15) is 23.2 Å². The van der Waals surface area contributed by atoms with Crippen molar-refractivity contribution < 1.29 is 9.18 Å². The molecule has 0 saturated heterocycles. The van der Waals surface area contributed by atoms with E-state index < -0.39 is 5.82 Å². The lowest BCUT2D eigenvalue weighted by Gasteiger charge is -2.03. The van der Waals surface area contributed by atoms with Crippen molar-refractivity contribution in [3.05, 3.63) is 29.8 Å². The summed E-state index contributed by atoms with van der Waals surface area (Å²) in [5, 5.41) is 2.66. The van der Waals surface area contributed by atoms with Crippen LogP contribution < -0.4 is 5.32 Å². The van der Waals surface area contributed by atoms with Crippen LogP contribution >= 0.6 is 11.6 Å². The van der Waals surface area contributed by atoms with E-state index in [1.807, 2.05) is 0 Å². The molecule has 0 aliphatic heterocycles. The Labute approximate surface area is 92.7 Å². The van der Waals surface area contributed by atoms with Crippen molar-refractivity contribution >= 4 is 17.5 Å². The number of nitrogens with zero attached hydrogens (tertiary/aromatic N) is 1. The van der Waals surface area contributed by atoms with Gasteiger partial charge >= 0.3 is 0 Å². The molecule has 1 aromatic heterocycles. The highest BCUT2D eigenvalue weighted by atomic mass is 35.5. The first-order valence-corrected chi connectivity index (χ1v) is 5.22. The van der Waals surface area contributed by atoms with Crippen LogP contribution in [0.2, 0.25) is 0 Å². The van der Waals surface area contributed by atoms with Crippen molar-refractivity contribution in [1.29, 1.82) is 0 Å². The second kappa shape index (κ2) is 6.35. The zero-order valence-electron chi connectivity index (χ0n) is 8.17. The first-order valence-electron chi connectivity index (χ1n) is 4.69. The third-order valence-electron chi connectivity index (χ3n) is 1.81. The molecule has 5 heteroatoms. The number of pyridine rings is 1. The molecule has 3 nitrogen and oxygen atoms in total. The van der Waals surface area contributed by atoms with Gasteiger partial charge in [0.2, 0.25) is 0 Å². The van der Waals surface area contributed by atoms with Gasteiger partial charge in [-0.25, -0.2) is 4.39 Å². The van der Waals surface area contributed by atoms with Crippen LogP contribution in [0.15, 0.2) is 18.5 Å². The van der Waals surface area contributed by atoms with Gasteiger partial charge in [0.1, 0.15) is 5.82 Å². The monoisotopic (exact) mass is 230 g/mol. The Bertz CT molecular complexity index is 333. The number of hydrogen-bond donors (Lipinski definition) is 1. The molecule has 1 rings (SSSR count). The van der Waals surface area contributed by atoms with Crippen LogP contribution in [0.3, 0.4) is 0 Å². The van der Waals surface area contributed by atoms with Gasteiger partial charge in [-0.2, -0.15) is 0 Å². The number of aromatic nitrogens is 1. The van der Waals surface area contributed by atoms with Crippen LogP contribution in [0.5, 0.6) is 0 Å². The third-order valence-corrected chi connectivity index (χ3v) is 2.08. The fourth-order valence-corrected chi connectivity index (χ4v) is 1.25. The van der Waals surface area contributed by atoms with E-state index in [1.165, 1.54) is 6.20 Å². The predicted octanol–water partition coefficient (Wildman–Crippen LogP) is 1.97. The van der Waals surface area contributed by atoms with E-state index in [0.717, 1.165) is 25.1 Å². The fourth-order valence-electron chi connectivity index (χ4n) is 1.06. The molecule has 0 atom stereocenters. The van der Waals surface area contributed by atoms with Crippen LogP contribution in [0, 0.1) is 5.82 Å². The molecule has 82 valence electrons. The van der Waals surface area contributed by atoms with Gasteiger partial charge in [-0.3, -0.25) is 9.78 Å². The van der Waals surface area contributed by atoms with E-state index in [-0.39, 0.29) is 11.5 Å². The molecule has 0 fully saturated rings. The second-order valence-electron chi connectivity index (χ2n) is 3.04. The van der Waals surface area contributed by atoms with Crippen LogP contribution in [0.4, 0.5) is 4.39 Å². The maximum atomic E-state index is 12.7. The summed E-state index contributed by atoms with van der Waals surface area (Å²) in [4.78, 5) is 15.0. The largest absolute Gasteiger partial charge is 0.352 e. The highest BCUT2D eigenvalue weighted by molar-refractivity contribution is 6.17.